The summed E-state index contributed by atoms with van der Waals surface area (Å²) in [7, 11) is 1.77. The number of amides is 2. The van der Waals surface area contributed by atoms with Crippen LogP contribution in [0.4, 0.5) is 5.69 Å². The summed E-state index contributed by atoms with van der Waals surface area (Å²) in [5.74, 6) is -0.127. The first kappa shape index (κ1) is 15.3. The largest absolute Gasteiger partial charge is 0.383 e. The molecule has 0 atom stereocenters. The number of nitrogens with zero attached hydrogens (tertiary/aromatic N) is 3. The van der Waals surface area contributed by atoms with Gasteiger partial charge < -0.3 is 15.1 Å². The zero-order valence-corrected chi connectivity index (χ0v) is 12.6. The van der Waals surface area contributed by atoms with Gasteiger partial charge in [-0.25, -0.2) is 0 Å². The molecule has 0 radical (unpaired) electrons. The number of rotatable bonds is 4. The Bertz CT molecular complexity index is 518. The van der Waals surface area contributed by atoms with E-state index in [1.165, 1.54) is 0 Å². The van der Waals surface area contributed by atoms with Crippen LogP contribution in [0.2, 0.25) is 0 Å². The molecular weight excluding hydrogens is 268 g/mol. The molecule has 2 heterocycles. The van der Waals surface area contributed by atoms with Crippen LogP contribution in [0.15, 0.2) is 18.5 Å². The molecule has 0 bridgehead atoms. The lowest BCUT2D eigenvalue weighted by molar-refractivity contribution is -0.129. The average molecular weight is 290 g/mol. The SMILES string of the molecule is CCCNc1cnccc1C(=O)N1CCCN(C)C(=O)C1. The first-order chi connectivity index (χ1) is 10.1. The molecule has 0 aromatic carbocycles. The van der Waals surface area contributed by atoms with Crippen molar-refractivity contribution in [3.05, 3.63) is 24.0 Å². The Balaban J connectivity index is 2.17. The third-order valence-corrected chi connectivity index (χ3v) is 3.58. The van der Waals surface area contributed by atoms with E-state index in [0.717, 1.165) is 25.1 Å². The third kappa shape index (κ3) is 3.71. The van der Waals surface area contributed by atoms with E-state index in [0.29, 0.717) is 18.7 Å². The van der Waals surface area contributed by atoms with Gasteiger partial charge in [0, 0.05) is 32.9 Å². The van der Waals surface area contributed by atoms with Crippen LogP contribution in [0.3, 0.4) is 0 Å². The van der Waals surface area contributed by atoms with Gasteiger partial charge in [0.25, 0.3) is 5.91 Å². The summed E-state index contributed by atoms with van der Waals surface area (Å²) in [5.41, 5.74) is 1.31. The topological polar surface area (TPSA) is 65.5 Å². The highest BCUT2D eigenvalue weighted by molar-refractivity contribution is 6.01. The van der Waals surface area contributed by atoms with Gasteiger partial charge in [-0.3, -0.25) is 14.6 Å². The predicted molar refractivity (Wildman–Crippen MR) is 81.2 cm³/mol. The second kappa shape index (κ2) is 7.06. The lowest BCUT2D eigenvalue weighted by Gasteiger charge is -2.21. The Hall–Kier alpha value is -2.11. The summed E-state index contributed by atoms with van der Waals surface area (Å²) >= 11 is 0. The second-order valence-corrected chi connectivity index (χ2v) is 5.24. The van der Waals surface area contributed by atoms with Crippen molar-refractivity contribution in [2.75, 3.05) is 38.5 Å². The van der Waals surface area contributed by atoms with E-state index in [4.69, 9.17) is 0 Å². The number of nitrogens with one attached hydrogen (secondary N) is 1. The Morgan fingerprint density at radius 1 is 1.43 bits per heavy atom. The number of aromatic nitrogens is 1. The lowest BCUT2D eigenvalue weighted by Crippen LogP contribution is -2.38. The van der Waals surface area contributed by atoms with Gasteiger partial charge in [0.05, 0.1) is 17.4 Å². The molecule has 1 N–H and O–H groups in total. The number of carbonyl (C=O) groups is 2. The zero-order valence-electron chi connectivity index (χ0n) is 12.6. The summed E-state index contributed by atoms with van der Waals surface area (Å²) in [6.45, 7) is 4.29. The number of likely N-dealkylation sites (N-methyl/N-ethyl adjacent to an activating group) is 1. The van der Waals surface area contributed by atoms with Crippen molar-refractivity contribution in [3.8, 4) is 0 Å². The third-order valence-electron chi connectivity index (χ3n) is 3.58. The minimum atomic E-state index is -0.111. The minimum Gasteiger partial charge on any atom is -0.383 e. The molecule has 2 rings (SSSR count). The normalized spacial score (nSPS) is 15.8. The first-order valence-electron chi connectivity index (χ1n) is 7.34. The van der Waals surface area contributed by atoms with Crippen molar-refractivity contribution in [1.82, 2.24) is 14.8 Å². The molecule has 1 aromatic heterocycles. The van der Waals surface area contributed by atoms with Gasteiger partial charge in [-0.15, -0.1) is 0 Å². The zero-order chi connectivity index (χ0) is 15.2. The average Bonchev–Trinajstić information content (AvgIpc) is 2.67. The fourth-order valence-electron chi connectivity index (χ4n) is 2.31. The van der Waals surface area contributed by atoms with Crippen LogP contribution in [-0.4, -0.2) is 59.8 Å². The van der Waals surface area contributed by atoms with Crippen molar-refractivity contribution in [2.45, 2.75) is 19.8 Å². The summed E-state index contributed by atoms with van der Waals surface area (Å²) in [6.07, 6.45) is 5.04. The van der Waals surface area contributed by atoms with Gasteiger partial charge in [-0.1, -0.05) is 6.92 Å². The smallest absolute Gasteiger partial charge is 0.256 e. The molecule has 0 unspecified atom stereocenters. The van der Waals surface area contributed by atoms with Gasteiger partial charge in [0.1, 0.15) is 6.54 Å². The van der Waals surface area contributed by atoms with Crippen LogP contribution in [0, 0.1) is 0 Å². The van der Waals surface area contributed by atoms with Gasteiger partial charge >= 0.3 is 0 Å². The highest BCUT2D eigenvalue weighted by Gasteiger charge is 2.25. The van der Waals surface area contributed by atoms with Crippen molar-refractivity contribution in [1.29, 1.82) is 0 Å². The van der Waals surface area contributed by atoms with Crippen LogP contribution in [0.5, 0.6) is 0 Å². The van der Waals surface area contributed by atoms with E-state index in [-0.39, 0.29) is 18.4 Å². The molecule has 2 amide bonds. The molecule has 1 saturated heterocycles. The highest BCUT2D eigenvalue weighted by Crippen LogP contribution is 2.17. The fourth-order valence-corrected chi connectivity index (χ4v) is 2.31. The maximum Gasteiger partial charge on any atom is 0.256 e. The molecular formula is C15H22N4O2. The molecule has 6 heteroatoms. The predicted octanol–water partition coefficient (Wildman–Crippen LogP) is 1.21. The summed E-state index contributed by atoms with van der Waals surface area (Å²) in [5, 5.41) is 3.21. The monoisotopic (exact) mass is 290 g/mol. The van der Waals surface area contributed by atoms with Gasteiger partial charge in [0.15, 0.2) is 0 Å². The van der Waals surface area contributed by atoms with E-state index >= 15 is 0 Å². The van der Waals surface area contributed by atoms with E-state index in [1.54, 1.807) is 35.3 Å². The maximum absolute atomic E-state index is 12.7. The molecule has 114 valence electrons. The number of hydrogen-bond donors (Lipinski definition) is 1. The standard InChI is InChI=1S/C15H22N4O2/c1-3-6-17-13-10-16-7-5-12(13)15(21)19-9-4-8-18(2)14(20)11-19/h5,7,10,17H,3-4,6,8-9,11H2,1-2H3. The Kier molecular flexibility index (Phi) is 5.14. The molecule has 0 saturated carbocycles. The number of pyridine rings is 1. The maximum atomic E-state index is 12.7. The van der Waals surface area contributed by atoms with Crippen molar-refractivity contribution >= 4 is 17.5 Å². The van der Waals surface area contributed by atoms with Crippen LogP contribution >= 0.6 is 0 Å². The van der Waals surface area contributed by atoms with Crippen LogP contribution < -0.4 is 5.32 Å². The van der Waals surface area contributed by atoms with Crippen molar-refractivity contribution < 1.29 is 9.59 Å². The van der Waals surface area contributed by atoms with Gasteiger partial charge in [0.2, 0.25) is 5.91 Å². The van der Waals surface area contributed by atoms with Gasteiger partial charge in [-0.2, -0.15) is 0 Å². The molecule has 1 aromatic rings. The highest BCUT2D eigenvalue weighted by atomic mass is 16.2. The van der Waals surface area contributed by atoms with Crippen LogP contribution in [0.1, 0.15) is 30.1 Å². The molecule has 21 heavy (non-hydrogen) atoms. The quantitative estimate of drug-likeness (QED) is 0.905. The van der Waals surface area contributed by atoms with Crippen molar-refractivity contribution in [2.24, 2.45) is 0 Å². The fraction of sp³-hybridized carbons (Fsp3) is 0.533. The Labute approximate surface area is 125 Å². The van der Waals surface area contributed by atoms with E-state index in [1.807, 2.05) is 0 Å². The van der Waals surface area contributed by atoms with E-state index < -0.39 is 0 Å². The molecule has 0 aliphatic carbocycles. The van der Waals surface area contributed by atoms with Crippen LogP contribution in [0.25, 0.3) is 0 Å². The minimum absolute atomic E-state index is 0.0158. The van der Waals surface area contributed by atoms with E-state index in [2.05, 4.69) is 17.2 Å². The Morgan fingerprint density at radius 3 is 3.00 bits per heavy atom. The second-order valence-electron chi connectivity index (χ2n) is 5.24. The van der Waals surface area contributed by atoms with Crippen molar-refractivity contribution in [3.63, 3.8) is 0 Å². The lowest BCUT2D eigenvalue weighted by atomic mass is 10.2. The van der Waals surface area contributed by atoms with Crippen LogP contribution in [-0.2, 0) is 4.79 Å². The summed E-state index contributed by atoms with van der Waals surface area (Å²) in [4.78, 5) is 32.0. The molecule has 1 aliphatic heterocycles. The van der Waals surface area contributed by atoms with E-state index in [9.17, 15) is 9.59 Å². The Morgan fingerprint density at radius 2 is 2.24 bits per heavy atom. The molecule has 1 aliphatic rings. The summed E-state index contributed by atoms with van der Waals surface area (Å²) < 4.78 is 0. The number of anilines is 1. The first-order valence-corrected chi connectivity index (χ1v) is 7.34. The molecule has 6 nitrogen and oxygen atoms in total. The molecule has 1 fully saturated rings. The summed E-state index contributed by atoms with van der Waals surface area (Å²) in [6, 6.07) is 1.71. The number of hydrogen-bond acceptors (Lipinski definition) is 4. The number of carbonyl (C=O) groups excluding carboxylic acids is 2. The molecule has 0 spiro atoms. The van der Waals surface area contributed by atoms with Gasteiger partial charge in [-0.05, 0) is 18.9 Å².